The zero-order chi connectivity index (χ0) is 10.6. The molecule has 0 atom stereocenters. The molecule has 0 aromatic carbocycles. The van der Waals surface area contributed by atoms with E-state index in [9.17, 15) is 4.79 Å². The van der Waals surface area contributed by atoms with Gasteiger partial charge in [0.05, 0.1) is 6.61 Å². The maximum atomic E-state index is 10.7. The minimum atomic E-state index is -1.09. The highest BCUT2D eigenvalue weighted by atomic mass is 16.5. The number of hydrogen-bond acceptors (Lipinski definition) is 4. The average molecular weight is 197 g/mol. The predicted molar refractivity (Wildman–Crippen MR) is 48.5 cm³/mol. The first kappa shape index (κ1) is 10.5. The van der Waals surface area contributed by atoms with Crippen LogP contribution in [0.2, 0.25) is 0 Å². The van der Waals surface area contributed by atoms with Crippen molar-refractivity contribution in [3.63, 3.8) is 0 Å². The molecular weight excluding hydrogens is 186 g/mol. The Hall–Kier alpha value is -1.62. The molecule has 5 nitrogen and oxygen atoms in total. The number of carbonyl (C=O) groups is 1. The summed E-state index contributed by atoms with van der Waals surface area (Å²) in [4.78, 5) is 14.6. The van der Waals surface area contributed by atoms with Crippen molar-refractivity contribution in [2.75, 3.05) is 13.2 Å². The molecule has 0 radical (unpaired) electrons. The van der Waals surface area contributed by atoms with Gasteiger partial charge in [-0.15, -0.1) is 0 Å². The summed E-state index contributed by atoms with van der Waals surface area (Å²) in [5.74, 6) is -0.857. The third-order valence-electron chi connectivity index (χ3n) is 1.58. The Bertz CT molecular complexity index is 338. The van der Waals surface area contributed by atoms with Gasteiger partial charge in [0.15, 0.2) is 0 Å². The fourth-order valence-electron chi connectivity index (χ4n) is 0.970. The molecule has 1 aromatic rings. The lowest BCUT2D eigenvalue weighted by atomic mass is 10.2. The zero-order valence-corrected chi connectivity index (χ0v) is 7.73. The van der Waals surface area contributed by atoms with Crippen LogP contribution in [0.1, 0.15) is 16.1 Å². The van der Waals surface area contributed by atoms with E-state index in [4.69, 9.17) is 14.9 Å². The number of rotatable bonds is 4. The molecule has 14 heavy (non-hydrogen) atoms. The minimum Gasteiger partial charge on any atom is -0.490 e. The maximum Gasteiger partial charge on any atom is 0.341 e. The number of hydrogen-bond donors (Lipinski definition) is 2. The molecule has 0 saturated carbocycles. The van der Waals surface area contributed by atoms with Crippen molar-refractivity contribution >= 4 is 5.97 Å². The van der Waals surface area contributed by atoms with Crippen molar-refractivity contribution in [2.45, 2.75) is 6.92 Å². The van der Waals surface area contributed by atoms with Crippen LogP contribution in [0.5, 0.6) is 5.75 Å². The van der Waals surface area contributed by atoms with Crippen molar-refractivity contribution in [1.29, 1.82) is 0 Å². The molecule has 0 amide bonds. The van der Waals surface area contributed by atoms with E-state index in [0.717, 1.165) is 0 Å². The molecule has 76 valence electrons. The number of pyridine rings is 1. The normalized spacial score (nSPS) is 9.86. The second kappa shape index (κ2) is 4.57. The summed E-state index contributed by atoms with van der Waals surface area (Å²) >= 11 is 0. The Morgan fingerprint density at radius 1 is 1.64 bits per heavy atom. The van der Waals surface area contributed by atoms with E-state index in [1.165, 1.54) is 12.3 Å². The van der Waals surface area contributed by atoms with Crippen molar-refractivity contribution in [3.8, 4) is 5.75 Å². The lowest BCUT2D eigenvalue weighted by Crippen LogP contribution is -2.07. The van der Waals surface area contributed by atoms with E-state index in [0.29, 0.717) is 5.69 Å². The largest absolute Gasteiger partial charge is 0.490 e. The van der Waals surface area contributed by atoms with E-state index >= 15 is 0 Å². The molecule has 5 heteroatoms. The summed E-state index contributed by atoms with van der Waals surface area (Å²) in [7, 11) is 0. The van der Waals surface area contributed by atoms with Crippen LogP contribution >= 0.6 is 0 Å². The van der Waals surface area contributed by atoms with Crippen LogP contribution < -0.4 is 4.74 Å². The van der Waals surface area contributed by atoms with Gasteiger partial charge in [0.25, 0.3) is 0 Å². The molecule has 1 heterocycles. The molecule has 1 aromatic heterocycles. The number of nitrogens with zero attached hydrogens (tertiary/aromatic N) is 1. The van der Waals surface area contributed by atoms with E-state index < -0.39 is 5.97 Å². The lowest BCUT2D eigenvalue weighted by molar-refractivity contribution is 0.0690. The molecular formula is C9H11NO4. The molecule has 0 saturated heterocycles. The molecule has 2 N–H and O–H groups in total. The molecule has 1 rings (SSSR count). The molecule has 0 aliphatic rings. The Labute approximate surface area is 81.0 Å². The van der Waals surface area contributed by atoms with E-state index in [-0.39, 0.29) is 24.5 Å². The maximum absolute atomic E-state index is 10.7. The smallest absolute Gasteiger partial charge is 0.341 e. The second-order valence-corrected chi connectivity index (χ2v) is 2.70. The molecule has 0 spiro atoms. The third-order valence-corrected chi connectivity index (χ3v) is 1.58. The van der Waals surface area contributed by atoms with Gasteiger partial charge in [-0.2, -0.15) is 0 Å². The molecule has 0 fully saturated rings. The van der Waals surface area contributed by atoms with Gasteiger partial charge in [0, 0.05) is 18.0 Å². The number of carboxylic acid groups (broad SMARTS) is 1. The van der Waals surface area contributed by atoms with Crippen molar-refractivity contribution < 1.29 is 19.7 Å². The van der Waals surface area contributed by atoms with Gasteiger partial charge >= 0.3 is 5.97 Å². The number of aliphatic hydroxyl groups excluding tert-OH is 1. The summed E-state index contributed by atoms with van der Waals surface area (Å²) in [5.41, 5.74) is 0.673. The highest BCUT2D eigenvalue weighted by Gasteiger charge is 2.11. The third kappa shape index (κ3) is 2.43. The van der Waals surface area contributed by atoms with Gasteiger partial charge in [-0.25, -0.2) is 4.79 Å². The molecule has 0 bridgehead atoms. The molecule has 0 unspecified atom stereocenters. The topological polar surface area (TPSA) is 79.7 Å². The second-order valence-electron chi connectivity index (χ2n) is 2.70. The van der Waals surface area contributed by atoms with Gasteiger partial charge in [-0.05, 0) is 6.92 Å². The summed E-state index contributed by atoms with van der Waals surface area (Å²) in [6.07, 6.45) is 1.24. The highest BCUT2D eigenvalue weighted by molar-refractivity contribution is 5.90. The SMILES string of the molecule is Cc1cc(OCCO)c(C(=O)O)cn1. The molecule has 0 aliphatic carbocycles. The van der Waals surface area contributed by atoms with Crippen LogP contribution in [-0.2, 0) is 0 Å². The summed E-state index contributed by atoms with van der Waals surface area (Å²) in [5, 5.41) is 17.3. The van der Waals surface area contributed by atoms with Crippen molar-refractivity contribution in [1.82, 2.24) is 4.98 Å². The number of aromatic carboxylic acids is 1. The number of aryl methyl sites for hydroxylation is 1. The van der Waals surface area contributed by atoms with Gasteiger partial charge in [-0.3, -0.25) is 4.98 Å². The first-order valence-corrected chi connectivity index (χ1v) is 4.08. The van der Waals surface area contributed by atoms with Crippen LogP contribution in [0.15, 0.2) is 12.3 Å². The molecule has 0 aliphatic heterocycles. The van der Waals surface area contributed by atoms with E-state index in [2.05, 4.69) is 4.98 Å². The fraction of sp³-hybridized carbons (Fsp3) is 0.333. The van der Waals surface area contributed by atoms with E-state index in [1.807, 2.05) is 0 Å². The summed E-state index contributed by atoms with van der Waals surface area (Å²) < 4.78 is 5.06. The summed E-state index contributed by atoms with van der Waals surface area (Å²) in [6.45, 7) is 1.65. The van der Waals surface area contributed by atoms with E-state index in [1.54, 1.807) is 6.92 Å². The monoisotopic (exact) mass is 197 g/mol. The van der Waals surface area contributed by atoms with Gasteiger partial charge in [0.2, 0.25) is 0 Å². The van der Waals surface area contributed by atoms with Crippen LogP contribution in [0, 0.1) is 6.92 Å². The Morgan fingerprint density at radius 2 is 2.36 bits per heavy atom. The van der Waals surface area contributed by atoms with Crippen LogP contribution in [-0.4, -0.2) is 34.4 Å². The predicted octanol–water partition coefficient (Wildman–Crippen LogP) is 0.459. The number of ether oxygens (including phenoxy) is 1. The number of carboxylic acids is 1. The van der Waals surface area contributed by atoms with Gasteiger partial charge in [-0.1, -0.05) is 0 Å². The highest BCUT2D eigenvalue weighted by Crippen LogP contribution is 2.18. The van der Waals surface area contributed by atoms with Crippen LogP contribution in [0.4, 0.5) is 0 Å². The van der Waals surface area contributed by atoms with Gasteiger partial charge in [0.1, 0.15) is 17.9 Å². The first-order valence-electron chi connectivity index (χ1n) is 4.08. The lowest BCUT2D eigenvalue weighted by Gasteiger charge is -2.07. The standard InChI is InChI=1S/C9H11NO4/c1-6-4-8(14-3-2-11)7(5-10-6)9(12)13/h4-5,11H,2-3H2,1H3,(H,12,13). The zero-order valence-electron chi connectivity index (χ0n) is 7.73. The summed E-state index contributed by atoms with van der Waals surface area (Å²) in [6, 6.07) is 1.53. The van der Waals surface area contributed by atoms with Crippen molar-refractivity contribution in [2.24, 2.45) is 0 Å². The van der Waals surface area contributed by atoms with Crippen molar-refractivity contribution in [3.05, 3.63) is 23.5 Å². The minimum absolute atomic E-state index is 0.00375. The Balaban J connectivity index is 2.97. The quantitative estimate of drug-likeness (QED) is 0.733. The fourth-order valence-corrected chi connectivity index (χ4v) is 0.970. The number of aliphatic hydroxyl groups is 1. The van der Waals surface area contributed by atoms with Crippen LogP contribution in [0.3, 0.4) is 0 Å². The first-order chi connectivity index (χ1) is 6.65. The number of aromatic nitrogens is 1. The Morgan fingerprint density at radius 3 is 2.93 bits per heavy atom. The van der Waals surface area contributed by atoms with Gasteiger partial charge < -0.3 is 14.9 Å². The Kier molecular flexibility index (Phi) is 3.41. The van der Waals surface area contributed by atoms with Crippen LogP contribution in [0.25, 0.3) is 0 Å². The average Bonchev–Trinajstić information content (AvgIpc) is 2.14.